The van der Waals surface area contributed by atoms with Gasteiger partial charge in [0.1, 0.15) is 17.9 Å². The molecule has 1 aliphatic heterocycles. The largest absolute Gasteiger partial charge is 0.490 e. The highest BCUT2D eigenvalue weighted by molar-refractivity contribution is 5.95. The van der Waals surface area contributed by atoms with Gasteiger partial charge in [0, 0.05) is 6.20 Å². The second-order valence-corrected chi connectivity index (χ2v) is 4.79. The maximum Gasteiger partial charge on any atom is 0.343 e. The van der Waals surface area contributed by atoms with Crippen molar-refractivity contribution in [2.45, 2.75) is 34.2 Å². The highest BCUT2D eigenvalue weighted by Gasteiger charge is 2.21. The molecule has 0 amide bonds. The maximum atomic E-state index is 12.5. The lowest BCUT2D eigenvalue weighted by Crippen LogP contribution is -2.24. The molecule has 0 N–H and O–H groups in total. The molecule has 2 heterocycles. The molecule has 5 nitrogen and oxygen atoms in total. The first kappa shape index (κ1) is 16.1. The fourth-order valence-corrected chi connectivity index (χ4v) is 2.53. The zero-order valence-electron chi connectivity index (χ0n) is 13.4. The summed E-state index contributed by atoms with van der Waals surface area (Å²) in [5.41, 5.74) is 1.46. The molecule has 0 atom stereocenters. The Morgan fingerprint density at radius 1 is 1.36 bits per heavy atom. The Kier molecular flexibility index (Phi) is 4.85. The number of hydrogen-bond acceptors (Lipinski definition) is 4. The van der Waals surface area contributed by atoms with Crippen LogP contribution in [0, 0.1) is 6.92 Å². The predicted molar refractivity (Wildman–Crippen MR) is 85.7 cm³/mol. The van der Waals surface area contributed by atoms with Crippen LogP contribution < -0.4 is 10.2 Å². The molecule has 118 valence electrons. The van der Waals surface area contributed by atoms with Gasteiger partial charge in [-0.05, 0) is 31.5 Å². The molecule has 1 aromatic heterocycles. The van der Waals surface area contributed by atoms with Crippen molar-refractivity contribution in [2.24, 2.45) is 0 Å². The summed E-state index contributed by atoms with van der Waals surface area (Å²) in [5.74, 6) is 0.122. The number of carbonyl (C=O) groups is 1. The van der Waals surface area contributed by atoms with Crippen LogP contribution in [0.15, 0.2) is 23.1 Å². The summed E-state index contributed by atoms with van der Waals surface area (Å²) >= 11 is 0. The number of carbonyl (C=O) groups excluding carboxylic acids is 1. The molecule has 5 heteroatoms. The Bertz CT molecular complexity index is 761. The van der Waals surface area contributed by atoms with Crippen molar-refractivity contribution in [3.8, 4) is 5.75 Å². The van der Waals surface area contributed by atoms with E-state index < -0.39 is 5.97 Å². The minimum Gasteiger partial charge on any atom is -0.490 e. The first-order valence-electron chi connectivity index (χ1n) is 7.59. The number of benzene rings is 1. The summed E-state index contributed by atoms with van der Waals surface area (Å²) in [6.45, 7) is 9.00. The van der Waals surface area contributed by atoms with Gasteiger partial charge in [0.15, 0.2) is 0 Å². The standard InChI is InChI=1S/C15H15NO4.C2H6/c1-3-19-15(18)11-8-16-4-5-20-12-7-9(2)6-10(13(12)16)14(11)17;1-2/h6-8H,3-5H2,1-2H3;1-2H3. The average molecular weight is 303 g/mol. The second kappa shape index (κ2) is 6.64. The molecule has 1 aliphatic rings. The zero-order chi connectivity index (χ0) is 16.3. The van der Waals surface area contributed by atoms with E-state index in [-0.39, 0.29) is 17.6 Å². The number of nitrogens with zero attached hydrogens (tertiary/aromatic N) is 1. The molecule has 0 fully saturated rings. The fraction of sp³-hybridized carbons (Fsp3) is 0.412. The molecule has 0 aliphatic carbocycles. The summed E-state index contributed by atoms with van der Waals surface area (Å²) in [6, 6.07) is 3.69. The van der Waals surface area contributed by atoms with Crippen molar-refractivity contribution in [2.75, 3.05) is 13.2 Å². The van der Waals surface area contributed by atoms with Crippen molar-refractivity contribution in [3.63, 3.8) is 0 Å². The Labute approximate surface area is 129 Å². The summed E-state index contributed by atoms with van der Waals surface area (Å²) < 4.78 is 12.4. The Hall–Kier alpha value is -2.30. The molecule has 0 bridgehead atoms. The molecule has 2 aromatic rings. The topological polar surface area (TPSA) is 57.5 Å². The minimum atomic E-state index is -0.572. The Morgan fingerprint density at radius 3 is 2.77 bits per heavy atom. The van der Waals surface area contributed by atoms with Gasteiger partial charge in [-0.2, -0.15) is 0 Å². The van der Waals surface area contributed by atoms with E-state index in [1.165, 1.54) is 0 Å². The van der Waals surface area contributed by atoms with Crippen LogP contribution in [-0.4, -0.2) is 23.8 Å². The van der Waals surface area contributed by atoms with E-state index >= 15 is 0 Å². The molecular formula is C17H21NO4. The number of pyridine rings is 1. The Balaban J connectivity index is 0.000000847. The van der Waals surface area contributed by atoms with E-state index in [9.17, 15) is 9.59 Å². The first-order chi connectivity index (χ1) is 10.6. The van der Waals surface area contributed by atoms with Gasteiger partial charge in [-0.3, -0.25) is 4.79 Å². The van der Waals surface area contributed by atoms with Gasteiger partial charge in [-0.1, -0.05) is 13.8 Å². The van der Waals surface area contributed by atoms with Gasteiger partial charge in [0.2, 0.25) is 5.43 Å². The molecule has 0 saturated carbocycles. The number of aromatic nitrogens is 1. The molecular weight excluding hydrogens is 282 g/mol. The van der Waals surface area contributed by atoms with Crippen molar-refractivity contribution < 1.29 is 14.3 Å². The predicted octanol–water partition coefficient (Wildman–Crippen LogP) is 2.91. The number of rotatable bonds is 2. The second-order valence-electron chi connectivity index (χ2n) is 4.79. The number of esters is 1. The van der Waals surface area contributed by atoms with Crippen molar-refractivity contribution in [3.05, 3.63) is 39.7 Å². The van der Waals surface area contributed by atoms with Gasteiger partial charge in [0.05, 0.1) is 24.1 Å². The van der Waals surface area contributed by atoms with Crippen LogP contribution in [0.5, 0.6) is 5.75 Å². The zero-order valence-corrected chi connectivity index (χ0v) is 13.4. The quantitative estimate of drug-likeness (QED) is 0.800. The highest BCUT2D eigenvalue weighted by atomic mass is 16.5. The maximum absolute atomic E-state index is 12.5. The monoisotopic (exact) mass is 303 g/mol. The third kappa shape index (κ3) is 2.71. The van der Waals surface area contributed by atoms with Crippen LogP contribution >= 0.6 is 0 Å². The normalized spacial score (nSPS) is 12.2. The van der Waals surface area contributed by atoms with E-state index in [2.05, 4.69) is 0 Å². The van der Waals surface area contributed by atoms with E-state index in [1.54, 1.807) is 19.2 Å². The van der Waals surface area contributed by atoms with Crippen LogP contribution in [-0.2, 0) is 11.3 Å². The van der Waals surface area contributed by atoms with Crippen LogP contribution in [0.4, 0.5) is 0 Å². The first-order valence-corrected chi connectivity index (χ1v) is 7.59. The molecule has 0 radical (unpaired) electrons. The third-order valence-electron chi connectivity index (χ3n) is 3.37. The number of hydrogen-bond donors (Lipinski definition) is 0. The van der Waals surface area contributed by atoms with Crippen LogP contribution in [0.2, 0.25) is 0 Å². The fourth-order valence-electron chi connectivity index (χ4n) is 2.53. The number of ether oxygens (including phenoxy) is 2. The SMILES string of the molecule is CC.CCOC(=O)c1cn2c3c(cc(C)cc3c1=O)OCC2. The van der Waals surface area contributed by atoms with E-state index in [0.717, 1.165) is 11.1 Å². The summed E-state index contributed by atoms with van der Waals surface area (Å²) in [7, 11) is 0. The molecule has 1 aromatic carbocycles. The highest BCUT2D eigenvalue weighted by Crippen LogP contribution is 2.29. The van der Waals surface area contributed by atoms with E-state index in [4.69, 9.17) is 9.47 Å². The summed E-state index contributed by atoms with van der Waals surface area (Å²) in [5, 5.41) is 0.505. The summed E-state index contributed by atoms with van der Waals surface area (Å²) in [6.07, 6.45) is 1.57. The summed E-state index contributed by atoms with van der Waals surface area (Å²) in [4.78, 5) is 24.4. The van der Waals surface area contributed by atoms with Crippen molar-refractivity contribution in [1.82, 2.24) is 4.57 Å². The molecule has 3 rings (SSSR count). The lowest BCUT2D eigenvalue weighted by atomic mass is 10.1. The van der Waals surface area contributed by atoms with Crippen molar-refractivity contribution in [1.29, 1.82) is 0 Å². The van der Waals surface area contributed by atoms with Gasteiger partial charge in [-0.25, -0.2) is 4.79 Å². The minimum absolute atomic E-state index is 0.0813. The average Bonchev–Trinajstić information content (AvgIpc) is 2.52. The van der Waals surface area contributed by atoms with Crippen LogP contribution in [0.25, 0.3) is 10.9 Å². The van der Waals surface area contributed by atoms with E-state index in [1.807, 2.05) is 31.4 Å². The van der Waals surface area contributed by atoms with Crippen LogP contribution in [0.1, 0.15) is 36.7 Å². The molecule has 0 unspecified atom stereocenters. The lowest BCUT2D eigenvalue weighted by Gasteiger charge is -2.21. The smallest absolute Gasteiger partial charge is 0.343 e. The molecule has 22 heavy (non-hydrogen) atoms. The Morgan fingerprint density at radius 2 is 2.09 bits per heavy atom. The molecule has 0 spiro atoms. The van der Waals surface area contributed by atoms with Gasteiger partial charge in [-0.15, -0.1) is 0 Å². The third-order valence-corrected chi connectivity index (χ3v) is 3.37. The van der Waals surface area contributed by atoms with Gasteiger partial charge < -0.3 is 14.0 Å². The number of aryl methyl sites for hydroxylation is 1. The van der Waals surface area contributed by atoms with E-state index in [0.29, 0.717) is 24.3 Å². The van der Waals surface area contributed by atoms with Crippen molar-refractivity contribution >= 4 is 16.9 Å². The molecule has 0 saturated heterocycles. The lowest BCUT2D eigenvalue weighted by molar-refractivity contribution is 0.0524. The van der Waals surface area contributed by atoms with Gasteiger partial charge >= 0.3 is 5.97 Å². The van der Waals surface area contributed by atoms with Gasteiger partial charge in [0.25, 0.3) is 0 Å². The van der Waals surface area contributed by atoms with Crippen LogP contribution in [0.3, 0.4) is 0 Å².